The number of ether oxygens (including phenoxy) is 1. The van der Waals surface area contributed by atoms with Crippen molar-refractivity contribution in [1.82, 2.24) is 0 Å². The first kappa shape index (κ1) is 23.2. The molecule has 0 spiro atoms. The highest BCUT2D eigenvalue weighted by Crippen LogP contribution is 2.45. The fraction of sp³-hybridized carbons (Fsp3) is 0.250. The predicted octanol–water partition coefficient (Wildman–Crippen LogP) is 5.47. The molecule has 0 aromatic heterocycles. The van der Waals surface area contributed by atoms with Gasteiger partial charge in [-0.25, -0.2) is 4.57 Å². The van der Waals surface area contributed by atoms with Gasteiger partial charge in [-0.1, -0.05) is 54.6 Å². The zero-order valence-electron chi connectivity index (χ0n) is 17.6. The molecule has 0 aliphatic heterocycles. The van der Waals surface area contributed by atoms with E-state index in [0.717, 1.165) is 33.6 Å². The molecule has 0 saturated carbocycles. The van der Waals surface area contributed by atoms with Crippen molar-refractivity contribution in [3.63, 3.8) is 0 Å². The van der Waals surface area contributed by atoms with Crippen molar-refractivity contribution < 1.29 is 28.3 Å². The Bertz CT molecular complexity index is 1030. The lowest BCUT2D eigenvalue weighted by Gasteiger charge is -2.15. The Morgan fingerprint density at radius 2 is 1.58 bits per heavy atom. The topological polar surface area (TPSA) is 85.2 Å². The largest absolute Gasteiger partial charge is 0.489 e. The van der Waals surface area contributed by atoms with Crippen LogP contribution in [0.1, 0.15) is 30.5 Å². The van der Waals surface area contributed by atoms with E-state index < -0.39 is 13.9 Å². The van der Waals surface area contributed by atoms with E-state index in [0.29, 0.717) is 6.61 Å². The highest BCUT2D eigenvalue weighted by atomic mass is 31.2. The second-order valence-corrected chi connectivity index (χ2v) is 8.74. The lowest BCUT2D eigenvalue weighted by molar-refractivity contribution is 0.116. The second kappa shape index (κ2) is 10.7. The molecule has 7 heteroatoms. The SMILES string of the molecule is CC(C)OP(=O)(O)OCc1cccc(-c2ccc(OCc3ccccc3CO)cc2)c1. The molecule has 1 atom stereocenters. The number of benzene rings is 3. The van der Waals surface area contributed by atoms with Crippen molar-refractivity contribution in [3.8, 4) is 16.9 Å². The molecule has 0 bridgehead atoms. The van der Waals surface area contributed by atoms with Crippen molar-refractivity contribution >= 4 is 7.82 Å². The van der Waals surface area contributed by atoms with E-state index in [1.54, 1.807) is 13.8 Å². The molecule has 31 heavy (non-hydrogen) atoms. The van der Waals surface area contributed by atoms with Crippen molar-refractivity contribution in [1.29, 1.82) is 0 Å². The van der Waals surface area contributed by atoms with E-state index in [1.165, 1.54) is 0 Å². The fourth-order valence-corrected chi connectivity index (χ4v) is 3.96. The molecule has 0 saturated heterocycles. The first-order valence-corrected chi connectivity index (χ1v) is 11.5. The molecular weight excluding hydrogens is 415 g/mol. The van der Waals surface area contributed by atoms with Gasteiger partial charge in [0.05, 0.1) is 19.3 Å². The summed E-state index contributed by atoms with van der Waals surface area (Å²) >= 11 is 0. The first-order valence-electron chi connectivity index (χ1n) is 10.0. The number of phosphoric acid groups is 1. The molecule has 2 N–H and O–H groups in total. The van der Waals surface area contributed by atoms with Gasteiger partial charge >= 0.3 is 7.82 Å². The molecule has 0 heterocycles. The van der Waals surface area contributed by atoms with Crippen LogP contribution < -0.4 is 4.74 Å². The lowest BCUT2D eigenvalue weighted by Crippen LogP contribution is -2.03. The average molecular weight is 442 g/mol. The van der Waals surface area contributed by atoms with Crippen LogP contribution in [-0.4, -0.2) is 16.1 Å². The summed E-state index contributed by atoms with van der Waals surface area (Å²) in [7, 11) is -4.08. The summed E-state index contributed by atoms with van der Waals surface area (Å²) in [6.07, 6.45) is -0.403. The van der Waals surface area contributed by atoms with Gasteiger partial charge < -0.3 is 14.7 Å². The van der Waals surface area contributed by atoms with Gasteiger partial charge in [0.1, 0.15) is 12.4 Å². The van der Waals surface area contributed by atoms with Crippen LogP contribution in [0.3, 0.4) is 0 Å². The van der Waals surface area contributed by atoms with Crippen LogP contribution in [0.2, 0.25) is 0 Å². The summed E-state index contributed by atoms with van der Waals surface area (Å²) in [5, 5.41) is 9.42. The van der Waals surface area contributed by atoms with Crippen molar-refractivity contribution in [2.75, 3.05) is 0 Å². The smallest absolute Gasteiger partial charge is 0.472 e. The van der Waals surface area contributed by atoms with Crippen LogP contribution in [0.4, 0.5) is 0 Å². The maximum atomic E-state index is 11.9. The third kappa shape index (κ3) is 7.03. The van der Waals surface area contributed by atoms with Gasteiger partial charge in [-0.15, -0.1) is 0 Å². The summed E-state index contributed by atoms with van der Waals surface area (Å²) in [5.74, 6) is 0.725. The Labute approximate surface area is 182 Å². The predicted molar refractivity (Wildman–Crippen MR) is 119 cm³/mol. The summed E-state index contributed by atoms with van der Waals surface area (Å²) in [6, 6.07) is 22.9. The summed E-state index contributed by atoms with van der Waals surface area (Å²) in [4.78, 5) is 9.71. The van der Waals surface area contributed by atoms with Crippen LogP contribution in [0.5, 0.6) is 5.75 Å². The number of phosphoric ester groups is 1. The third-order valence-electron chi connectivity index (χ3n) is 4.54. The van der Waals surface area contributed by atoms with Crippen LogP contribution in [0.15, 0.2) is 72.8 Å². The number of aliphatic hydroxyl groups is 1. The van der Waals surface area contributed by atoms with Crippen LogP contribution in [-0.2, 0) is 33.4 Å². The maximum absolute atomic E-state index is 11.9. The minimum Gasteiger partial charge on any atom is -0.489 e. The Kier molecular flexibility index (Phi) is 8.02. The molecule has 0 aliphatic carbocycles. The number of hydrogen-bond acceptors (Lipinski definition) is 5. The van der Waals surface area contributed by atoms with Gasteiger partial charge in [0.25, 0.3) is 0 Å². The Balaban J connectivity index is 1.63. The maximum Gasteiger partial charge on any atom is 0.472 e. The number of rotatable bonds is 10. The third-order valence-corrected chi connectivity index (χ3v) is 5.68. The Hall–Kier alpha value is -2.47. The highest BCUT2D eigenvalue weighted by Gasteiger charge is 2.22. The van der Waals surface area contributed by atoms with E-state index in [1.807, 2.05) is 72.8 Å². The quantitative estimate of drug-likeness (QED) is 0.405. The highest BCUT2D eigenvalue weighted by molar-refractivity contribution is 7.47. The van der Waals surface area contributed by atoms with Gasteiger partial charge in [-0.3, -0.25) is 9.05 Å². The second-order valence-electron chi connectivity index (χ2n) is 7.34. The van der Waals surface area contributed by atoms with Crippen LogP contribution in [0, 0.1) is 0 Å². The molecule has 3 rings (SSSR count). The van der Waals surface area contributed by atoms with Gasteiger partial charge in [-0.05, 0) is 59.9 Å². The minimum absolute atomic E-state index is 0.0200. The normalized spacial score (nSPS) is 13.2. The van der Waals surface area contributed by atoms with Gasteiger partial charge in [-0.2, -0.15) is 0 Å². The molecule has 0 radical (unpaired) electrons. The molecule has 0 amide bonds. The van der Waals surface area contributed by atoms with E-state index >= 15 is 0 Å². The molecular formula is C24H27O6P. The van der Waals surface area contributed by atoms with Crippen LogP contribution in [0.25, 0.3) is 11.1 Å². The number of hydrogen-bond donors (Lipinski definition) is 2. The first-order chi connectivity index (χ1) is 14.9. The zero-order chi connectivity index (χ0) is 22.3. The van der Waals surface area contributed by atoms with E-state index in [4.69, 9.17) is 13.8 Å². The number of aliphatic hydroxyl groups excluding tert-OH is 1. The Morgan fingerprint density at radius 3 is 2.26 bits per heavy atom. The zero-order valence-corrected chi connectivity index (χ0v) is 18.5. The van der Waals surface area contributed by atoms with E-state index in [-0.39, 0.29) is 13.2 Å². The van der Waals surface area contributed by atoms with E-state index in [2.05, 4.69) is 0 Å². The molecule has 1 unspecified atom stereocenters. The van der Waals surface area contributed by atoms with Crippen LogP contribution >= 0.6 is 7.82 Å². The molecule has 0 fully saturated rings. The van der Waals surface area contributed by atoms with E-state index in [9.17, 15) is 14.6 Å². The Morgan fingerprint density at radius 1 is 0.871 bits per heavy atom. The minimum atomic E-state index is -4.08. The molecule has 0 aliphatic rings. The van der Waals surface area contributed by atoms with Crippen molar-refractivity contribution in [2.24, 2.45) is 0 Å². The van der Waals surface area contributed by atoms with Gasteiger partial charge in [0.15, 0.2) is 0 Å². The van der Waals surface area contributed by atoms with Crippen molar-refractivity contribution in [3.05, 3.63) is 89.5 Å². The fourth-order valence-electron chi connectivity index (χ4n) is 3.05. The standard InChI is InChI=1S/C24H27O6P/c1-18(2)30-31(26,27)29-16-19-6-5-9-21(14-19)20-10-12-24(13-11-20)28-17-23-8-4-3-7-22(23)15-25/h3-14,18,25H,15-17H2,1-2H3,(H,26,27). The average Bonchev–Trinajstić information content (AvgIpc) is 2.76. The molecule has 3 aromatic rings. The molecule has 164 valence electrons. The summed E-state index contributed by atoms with van der Waals surface area (Å²) in [5.41, 5.74) is 4.50. The van der Waals surface area contributed by atoms with Gasteiger partial charge in [0, 0.05) is 0 Å². The van der Waals surface area contributed by atoms with Gasteiger partial charge in [0.2, 0.25) is 0 Å². The van der Waals surface area contributed by atoms with Crippen molar-refractivity contribution in [2.45, 2.75) is 39.8 Å². The lowest BCUT2D eigenvalue weighted by atomic mass is 10.0. The summed E-state index contributed by atoms with van der Waals surface area (Å²) < 4.78 is 27.7. The summed E-state index contributed by atoms with van der Waals surface area (Å²) in [6.45, 7) is 3.67. The molecule has 6 nitrogen and oxygen atoms in total. The molecule has 3 aromatic carbocycles. The monoisotopic (exact) mass is 442 g/mol.